The van der Waals surface area contributed by atoms with Gasteiger partial charge in [0.05, 0.1) is 25.3 Å². The van der Waals surface area contributed by atoms with Gasteiger partial charge in [-0.05, 0) is 35.4 Å². The van der Waals surface area contributed by atoms with Crippen molar-refractivity contribution in [2.24, 2.45) is 0 Å². The van der Waals surface area contributed by atoms with Crippen molar-refractivity contribution in [1.29, 1.82) is 0 Å². The SMILES string of the molecule is COC(=O)c1ccc(C2=CNOC2c2ccc(C(=O)OC)cc2)cc1. The van der Waals surface area contributed by atoms with E-state index in [1.807, 2.05) is 24.3 Å². The Kier molecular flexibility index (Phi) is 4.81. The summed E-state index contributed by atoms with van der Waals surface area (Å²) >= 11 is 0. The van der Waals surface area contributed by atoms with Crippen LogP contribution in [0.1, 0.15) is 37.9 Å². The zero-order valence-corrected chi connectivity index (χ0v) is 13.8. The Hall–Kier alpha value is -3.12. The fourth-order valence-corrected chi connectivity index (χ4v) is 2.62. The van der Waals surface area contributed by atoms with E-state index in [1.165, 1.54) is 14.2 Å². The number of esters is 2. The number of carbonyl (C=O) groups excluding carboxylic acids is 2. The molecule has 0 aromatic heterocycles. The predicted molar refractivity (Wildman–Crippen MR) is 90.5 cm³/mol. The second kappa shape index (κ2) is 7.19. The van der Waals surface area contributed by atoms with Crippen LogP contribution in [0.5, 0.6) is 0 Å². The molecule has 25 heavy (non-hydrogen) atoms. The van der Waals surface area contributed by atoms with Gasteiger partial charge >= 0.3 is 11.9 Å². The van der Waals surface area contributed by atoms with Gasteiger partial charge in [-0.15, -0.1) is 0 Å². The van der Waals surface area contributed by atoms with E-state index >= 15 is 0 Å². The summed E-state index contributed by atoms with van der Waals surface area (Å²) in [5.41, 5.74) is 6.46. The van der Waals surface area contributed by atoms with Gasteiger partial charge in [-0.2, -0.15) is 0 Å². The number of hydroxylamine groups is 1. The highest BCUT2D eigenvalue weighted by atomic mass is 16.7. The third kappa shape index (κ3) is 3.39. The van der Waals surface area contributed by atoms with Gasteiger partial charge in [-0.3, -0.25) is 10.3 Å². The van der Waals surface area contributed by atoms with Crippen LogP contribution in [0, 0.1) is 0 Å². The largest absolute Gasteiger partial charge is 0.465 e. The number of nitrogens with one attached hydrogen (secondary N) is 1. The lowest BCUT2D eigenvalue weighted by Gasteiger charge is -2.14. The fourth-order valence-electron chi connectivity index (χ4n) is 2.62. The fraction of sp³-hybridized carbons (Fsp3) is 0.158. The summed E-state index contributed by atoms with van der Waals surface area (Å²) in [5.74, 6) is -0.762. The molecule has 1 heterocycles. The molecule has 1 aliphatic rings. The molecule has 0 spiro atoms. The summed E-state index contributed by atoms with van der Waals surface area (Å²) in [6, 6.07) is 14.1. The molecule has 1 aliphatic heterocycles. The lowest BCUT2D eigenvalue weighted by molar-refractivity contribution is 0.0504. The Labute approximate surface area is 145 Å². The zero-order valence-electron chi connectivity index (χ0n) is 13.8. The molecule has 1 atom stereocenters. The molecule has 0 bridgehead atoms. The van der Waals surface area contributed by atoms with Crippen molar-refractivity contribution < 1.29 is 23.9 Å². The van der Waals surface area contributed by atoms with E-state index in [0.29, 0.717) is 11.1 Å². The Morgan fingerprint density at radius 3 is 1.92 bits per heavy atom. The zero-order chi connectivity index (χ0) is 17.8. The highest BCUT2D eigenvalue weighted by molar-refractivity contribution is 5.90. The number of ether oxygens (including phenoxy) is 2. The predicted octanol–water partition coefficient (Wildman–Crippen LogP) is 2.88. The minimum Gasteiger partial charge on any atom is -0.465 e. The first-order valence-corrected chi connectivity index (χ1v) is 7.62. The Balaban J connectivity index is 1.83. The van der Waals surface area contributed by atoms with Gasteiger partial charge in [0.25, 0.3) is 0 Å². The summed E-state index contributed by atoms with van der Waals surface area (Å²) in [5, 5.41) is 0. The van der Waals surface area contributed by atoms with Crippen molar-refractivity contribution in [3.05, 3.63) is 77.0 Å². The van der Waals surface area contributed by atoms with Gasteiger partial charge in [0.1, 0.15) is 6.10 Å². The molecule has 1 unspecified atom stereocenters. The van der Waals surface area contributed by atoms with Gasteiger partial charge in [-0.25, -0.2) is 9.59 Å². The molecule has 1 N–H and O–H groups in total. The van der Waals surface area contributed by atoms with E-state index < -0.39 is 0 Å². The second-order valence-corrected chi connectivity index (χ2v) is 5.40. The molecule has 2 aromatic carbocycles. The van der Waals surface area contributed by atoms with Crippen LogP contribution >= 0.6 is 0 Å². The topological polar surface area (TPSA) is 73.9 Å². The number of hydrogen-bond donors (Lipinski definition) is 1. The third-order valence-corrected chi connectivity index (χ3v) is 3.96. The van der Waals surface area contributed by atoms with Gasteiger partial charge in [-0.1, -0.05) is 24.3 Å². The quantitative estimate of drug-likeness (QED) is 0.864. The van der Waals surface area contributed by atoms with Gasteiger partial charge in [0.2, 0.25) is 0 Å². The third-order valence-electron chi connectivity index (χ3n) is 3.96. The molecule has 6 nitrogen and oxygen atoms in total. The van der Waals surface area contributed by atoms with Crippen molar-refractivity contribution >= 4 is 17.5 Å². The molecule has 6 heteroatoms. The van der Waals surface area contributed by atoms with Gasteiger partial charge < -0.3 is 9.47 Å². The Bertz CT molecular complexity index is 809. The van der Waals surface area contributed by atoms with E-state index in [4.69, 9.17) is 14.3 Å². The summed E-state index contributed by atoms with van der Waals surface area (Å²) in [7, 11) is 2.70. The van der Waals surface area contributed by atoms with Gasteiger partial charge in [0.15, 0.2) is 0 Å². The van der Waals surface area contributed by atoms with E-state index in [-0.39, 0.29) is 18.0 Å². The molecule has 3 rings (SSSR count). The molecule has 0 fully saturated rings. The van der Waals surface area contributed by atoms with Crippen LogP contribution < -0.4 is 5.48 Å². The van der Waals surface area contributed by atoms with Crippen molar-refractivity contribution in [1.82, 2.24) is 5.48 Å². The maximum absolute atomic E-state index is 11.5. The molecule has 0 radical (unpaired) electrons. The van der Waals surface area contributed by atoms with Crippen LogP contribution in [-0.2, 0) is 14.3 Å². The number of methoxy groups -OCH3 is 2. The smallest absolute Gasteiger partial charge is 0.337 e. The summed E-state index contributed by atoms with van der Waals surface area (Å²) in [6.07, 6.45) is 1.45. The van der Waals surface area contributed by atoms with E-state index in [1.54, 1.807) is 30.5 Å². The summed E-state index contributed by atoms with van der Waals surface area (Å²) < 4.78 is 9.40. The number of rotatable bonds is 4. The molecule has 0 aliphatic carbocycles. The van der Waals surface area contributed by atoms with Crippen molar-refractivity contribution in [3.63, 3.8) is 0 Å². The average molecular weight is 339 g/mol. The van der Waals surface area contributed by atoms with Crippen LogP contribution in [-0.4, -0.2) is 26.2 Å². The highest BCUT2D eigenvalue weighted by Gasteiger charge is 2.24. The highest BCUT2D eigenvalue weighted by Crippen LogP contribution is 2.35. The van der Waals surface area contributed by atoms with Crippen LogP contribution in [0.2, 0.25) is 0 Å². The number of benzene rings is 2. The maximum Gasteiger partial charge on any atom is 0.337 e. The normalized spacial score (nSPS) is 15.9. The van der Waals surface area contributed by atoms with E-state index in [9.17, 15) is 9.59 Å². The van der Waals surface area contributed by atoms with Crippen LogP contribution in [0.3, 0.4) is 0 Å². The summed E-state index contributed by atoms with van der Waals surface area (Å²) in [6.45, 7) is 0. The molecule has 0 saturated heterocycles. The standard InChI is InChI=1S/C19H17NO5/c1-23-18(21)14-7-3-12(4-8-14)16-11-20-25-17(16)13-5-9-15(10-6-13)19(22)24-2/h3-11,17,20H,1-2H3. The molecule has 128 valence electrons. The first-order chi connectivity index (χ1) is 12.1. The lowest BCUT2D eigenvalue weighted by atomic mass is 9.95. The maximum atomic E-state index is 11.5. The van der Waals surface area contributed by atoms with E-state index in [2.05, 4.69) is 5.48 Å². The first kappa shape index (κ1) is 16.7. The molecular formula is C19H17NO5. The number of carbonyl (C=O) groups is 2. The lowest BCUT2D eigenvalue weighted by Crippen LogP contribution is -2.07. The average Bonchev–Trinajstić information content (AvgIpc) is 3.16. The minimum absolute atomic E-state index is 0.323. The van der Waals surface area contributed by atoms with Gasteiger partial charge in [0, 0.05) is 11.8 Å². The summed E-state index contributed by atoms with van der Waals surface area (Å²) in [4.78, 5) is 28.6. The molecule has 2 aromatic rings. The van der Waals surface area contributed by atoms with Crippen LogP contribution in [0.15, 0.2) is 54.7 Å². The monoisotopic (exact) mass is 339 g/mol. The second-order valence-electron chi connectivity index (χ2n) is 5.40. The Morgan fingerprint density at radius 1 is 0.880 bits per heavy atom. The minimum atomic E-state index is -0.383. The van der Waals surface area contributed by atoms with Crippen molar-refractivity contribution in [2.75, 3.05) is 14.2 Å². The van der Waals surface area contributed by atoms with Crippen molar-refractivity contribution in [3.8, 4) is 0 Å². The first-order valence-electron chi connectivity index (χ1n) is 7.62. The Morgan fingerprint density at radius 2 is 1.40 bits per heavy atom. The van der Waals surface area contributed by atoms with Crippen LogP contribution in [0.25, 0.3) is 5.57 Å². The van der Waals surface area contributed by atoms with Crippen molar-refractivity contribution in [2.45, 2.75) is 6.10 Å². The van der Waals surface area contributed by atoms with E-state index in [0.717, 1.165) is 16.7 Å². The number of hydrogen-bond acceptors (Lipinski definition) is 6. The molecule has 0 saturated carbocycles. The molecular weight excluding hydrogens is 322 g/mol. The van der Waals surface area contributed by atoms with Crippen LogP contribution in [0.4, 0.5) is 0 Å². The molecule has 0 amide bonds.